The van der Waals surface area contributed by atoms with Crippen molar-refractivity contribution in [3.63, 3.8) is 0 Å². The molecule has 1 aromatic heterocycles. The highest BCUT2D eigenvalue weighted by Gasteiger charge is 2.05. The molecule has 98 valence electrons. The van der Waals surface area contributed by atoms with E-state index in [0.29, 0.717) is 5.69 Å². The number of H-pyrrole nitrogens is 1. The van der Waals surface area contributed by atoms with Crippen LogP contribution in [-0.4, -0.2) is 15.9 Å². The maximum atomic E-state index is 11.3. The van der Waals surface area contributed by atoms with E-state index in [-0.39, 0.29) is 5.02 Å². The van der Waals surface area contributed by atoms with Crippen LogP contribution in [0.15, 0.2) is 46.4 Å². The third kappa shape index (κ3) is 3.20. The lowest BCUT2D eigenvalue weighted by Gasteiger charge is -2.06. The Morgan fingerprint density at radius 2 is 2.16 bits per heavy atom. The quantitative estimate of drug-likeness (QED) is 0.666. The molecule has 0 unspecified atom stereocenters. The van der Waals surface area contributed by atoms with E-state index in [2.05, 4.69) is 20.7 Å². The maximum Gasteiger partial charge on any atom is 0.285 e. The van der Waals surface area contributed by atoms with Gasteiger partial charge < -0.3 is 0 Å². The van der Waals surface area contributed by atoms with Crippen LogP contribution in [0.2, 0.25) is 5.02 Å². The van der Waals surface area contributed by atoms with E-state index < -0.39 is 5.56 Å². The molecule has 0 saturated heterocycles. The van der Waals surface area contributed by atoms with Crippen LogP contribution in [0.4, 0.5) is 5.69 Å². The highest BCUT2D eigenvalue weighted by atomic mass is 35.5. The molecular formula is C13H13ClN4O. The van der Waals surface area contributed by atoms with E-state index in [1.807, 2.05) is 37.3 Å². The van der Waals surface area contributed by atoms with Crippen molar-refractivity contribution < 1.29 is 0 Å². The Labute approximate surface area is 115 Å². The van der Waals surface area contributed by atoms with Crippen molar-refractivity contribution in [1.29, 1.82) is 0 Å². The minimum Gasteiger partial charge on any atom is -0.275 e. The number of rotatable bonds is 4. The lowest BCUT2D eigenvalue weighted by atomic mass is 10.1. The molecule has 0 amide bonds. The molecule has 6 heteroatoms. The van der Waals surface area contributed by atoms with Crippen molar-refractivity contribution in [2.45, 2.75) is 13.3 Å². The van der Waals surface area contributed by atoms with Gasteiger partial charge in [-0.2, -0.15) is 10.2 Å². The molecule has 0 atom stereocenters. The molecule has 0 bridgehead atoms. The van der Waals surface area contributed by atoms with Crippen LogP contribution in [0, 0.1) is 0 Å². The molecule has 2 rings (SSSR count). The van der Waals surface area contributed by atoms with Crippen LogP contribution in [0.1, 0.15) is 18.9 Å². The van der Waals surface area contributed by atoms with Gasteiger partial charge in [0.25, 0.3) is 5.56 Å². The van der Waals surface area contributed by atoms with Gasteiger partial charge in [-0.05, 0) is 12.0 Å². The van der Waals surface area contributed by atoms with Crippen molar-refractivity contribution in [2.75, 3.05) is 5.43 Å². The van der Waals surface area contributed by atoms with Gasteiger partial charge in [-0.25, -0.2) is 5.10 Å². The number of hydrogen-bond donors (Lipinski definition) is 2. The monoisotopic (exact) mass is 276 g/mol. The fourth-order valence-corrected chi connectivity index (χ4v) is 1.70. The number of nitrogens with one attached hydrogen (secondary N) is 2. The Morgan fingerprint density at radius 1 is 1.42 bits per heavy atom. The van der Waals surface area contributed by atoms with Crippen molar-refractivity contribution in [1.82, 2.24) is 10.2 Å². The minimum atomic E-state index is -0.445. The molecule has 0 fully saturated rings. The highest BCUT2D eigenvalue weighted by Crippen LogP contribution is 2.15. The molecule has 1 heterocycles. The van der Waals surface area contributed by atoms with E-state index >= 15 is 0 Å². The number of aromatic amines is 1. The summed E-state index contributed by atoms with van der Waals surface area (Å²) in [5.41, 5.74) is 4.61. The van der Waals surface area contributed by atoms with Crippen molar-refractivity contribution in [3.8, 4) is 0 Å². The third-order valence-corrected chi connectivity index (χ3v) is 2.92. The maximum absolute atomic E-state index is 11.3. The second-order valence-corrected chi connectivity index (χ2v) is 4.19. The molecule has 2 N–H and O–H groups in total. The summed E-state index contributed by atoms with van der Waals surface area (Å²) in [6.45, 7) is 2.01. The first-order valence-electron chi connectivity index (χ1n) is 5.83. The molecule has 2 aromatic rings. The number of anilines is 1. The predicted octanol–water partition coefficient (Wildman–Crippen LogP) is 2.65. The van der Waals surface area contributed by atoms with Gasteiger partial charge in [-0.1, -0.05) is 48.9 Å². The Morgan fingerprint density at radius 3 is 2.84 bits per heavy atom. The minimum absolute atomic E-state index is 0.0438. The summed E-state index contributed by atoms with van der Waals surface area (Å²) in [4.78, 5) is 11.3. The van der Waals surface area contributed by atoms with Crippen LogP contribution in [0.25, 0.3) is 0 Å². The fraction of sp³-hybridized carbons (Fsp3) is 0.154. The van der Waals surface area contributed by atoms with Crippen LogP contribution >= 0.6 is 11.6 Å². The summed E-state index contributed by atoms with van der Waals surface area (Å²) in [5.74, 6) is 0. The molecule has 0 radical (unpaired) electrons. The van der Waals surface area contributed by atoms with Gasteiger partial charge >= 0.3 is 0 Å². The number of hydrogen-bond acceptors (Lipinski definition) is 4. The number of hydrazone groups is 1. The van der Waals surface area contributed by atoms with Gasteiger partial charge in [-0.15, -0.1) is 0 Å². The van der Waals surface area contributed by atoms with E-state index in [0.717, 1.165) is 17.7 Å². The van der Waals surface area contributed by atoms with Gasteiger partial charge in [0.05, 0.1) is 11.9 Å². The van der Waals surface area contributed by atoms with Crippen LogP contribution in [0.5, 0.6) is 0 Å². The summed E-state index contributed by atoms with van der Waals surface area (Å²) < 4.78 is 0. The SMILES string of the molecule is CC/C(=N/Nc1cn[nH]c(=O)c1Cl)c1ccccc1. The zero-order chi connectivity index (χ0) is 13.7. The molecule has 0 aliphatic carbocycles. The summed E-state index contributed by atoms with van der Waals surface area (Å²) in [6.07, 6.45) is 2.18. The van der Waals surface area contributed by atoms with Gasteiger partial charge in [0.15, 0.2) is 0 Å². The molecular weight excluding hydrogens is 264 g/mol. The number of benzene rings is 1. The van der Waals surface area contributed by atoms with Crippen LogP contribution in [0.3, 0.4) is 0 Å². The molecule has 0 spiro atoms. The summed E-state index contributed by atoms with van der Waals surface area (Å²) in [6, 6.07) is 9.79. The zero-order valence-electron chi connectivity index (χ0n) is 10.4. The van der Waals surface area contributed by atoms with Crippen molar-refractivity contribution in [2.24, 2.45) is 5.10 Å². The number of halogens is 1. The van der Waals surface area contributed by atoms with E-state index in [1.54, 1.807) is 0 Å². The average Bonchev–Trinajstić information content (AvgIpc) is 2.45. The topological polar surface area (TPSA) is 70.1 Å². The molecule has 0 saturated carbocycles. The molecule has 0 aliphatic rings. The zero-order valence-corrected chi connectivity index (χ0v) is 11.1. The smallest absolute Gasteiger partial charge is 0.275 e. The van der Waals surface area contributed by atoms with Gasteiger partial charge in [0, 0.05) is 0 Å². The largest absolute Gasteiger partial charge is 0.285 e. The second kappa shape index (κ2) is 6.15. The first-order valence-corrected chi connectivity index (χ1v) is 6.21. The van der Waals surface area contributed by atoms with Gasteiger partial charge in [0.1, 0.15) is 10.7 Å². The Hall–Kier alpha value is -2.14. The van der Waals surface area contributed by atoms with Crippen LogP contribution in [-0.2, 0) is 0 Å². The van der Waals surface area contributed by atoms with E-state index in [9.17, 15) is 4.79 Å². The fourth-order valence-electron chi connectivity index (χ4n) is 1.57. The summed E-state index contributed by atoms with van der Waals surface area (Å²) >= 11 is 5.85. The first-order chi connectivity index (χ1) is 9.22. The Balaban J connectivity index is 2.26. The Bertz CT molecular complexity index is 637. The lowest BCUT2D eigenvalue weighted by molar-refractivity contribution is 0.986. The highest BCUT2D eigenvalue weighted by molar-refractivity contribution is 6.32. The third-order valence-electron chi connectivity index (χ3n) is 2.55. The van der Waals surface area contributed by atoms with Gasteiger partial charge in [-0.3, -0.25) is 10.2 Å². The van der Waals surface area contributed by atoms with E-state index in [4.69, 9.17) is 11.6 Å². The van der Waals surface area contributed by atoms with Crippen molar-refractivity contribution in [3.05, 3.63) is 57.5 Å². The standard InChI is InChI=1S/C13H13ClN4O/c1-2-10(9-6-4-3-5-7-9)16-17-11-8-15-18-13(19)12(11)14/h3-8H,2H2,1H3,(H2,17,18,19)/b16-10-. The van der Waals surface area contributed by atoms with E-state index in [1.165, 1.54) is 6.20 Å². The number of aromatic nitrogens is 2. The normalized spacial score (nSPS) is 11.4. The first kappa shape index (κ1) is 13.3. The van der Waals surface area contributed by atoms with Crippen molar-refractivity contribution >= 4 is 23.0 Å². The Kier molecular flexibility index (Phi) is 4.30. The summed E-state index contributed by atoms with van der Waals surface area (Å²) in [5, 5.41) is 10.2. The van der Waals surface area contributed by atoms with Gasteiger partial charge in [0.2, 0.25) is 0 Å². The second-order valence-electron chi connectivity index (χ2n) is 3.82. The molecule has 5 nitrogen and oxygen atoms in total. The predicted molar refractivity (Wildman–Crippen MR) is 76.8 cm³/mol. The molecule has 1 aromatic carbocycles. The molecule has 19 heavy (non-hydrogen) atoms. The lowest BCUT2D eigenvalue weighted by Crippen LogP contribution is -2.11. The summed E-state index contributed by atoms with van der Waals surface area (Å²) in [7, 11) is 0. The number of nitrogens with zero attached hydrogens (tertiary/aromatic N) is 2. The van der Waals surface area contributed by atoms with Crippen LogP contribution < -0.4 is 11.0 Å². The molecule has 0 aliphatic heterocycles. The average molecular weight is 277 g/mol.